The highest BCUT2D eigenvalue weighted by molar-refractivity contribution is 5.92. The molecular weight excluding hydrogens is 573 g/mol. The normalized spacial score (nSPS) is 20.2. The summed E-state index contributed by atoms with van der Waals surface area (Å²) in [6, 6.07) is 13.0. The average Bonchev–Trinajstić information content (AvgIpc) is 3.79. The van der Waals surface area contributed by atoms with Gasteiger partial charge < -0.3 is 35.1 Å². The second-order valence-electron chi connectivity index (χ2n) is 12.3. The fourth-order valence-electron chi connectivity index (χ4n) is 7.10. The summed E-state index contributed by atoms with van der Waals surface area (Å²) >= 11 is 0. The number of methoxy groups -OCH3 is 1. The predicted molar refractivity (Wildman–Crippen MR) is 172 cm³/mol. The first-order valence-electron chi connectivity index (χ1n) is 15.8. The summed E-state index contributed by atoms with van der Waals surface area (Å²) in [6.07, 6.45) is 5.58. The molecule has 2 aromatic carbocycles. The first kappa shape index (κ1) is 30.8. The lowest BCUT2D eigenvalue weighted by Gasteiger charge is -2.36. The second kappa shape index (κ2) is 13.4. The largest absolute Gasteiger partial charge is 0.385 e. The second-order valence-corrected chi connectivity index (χ2v) is 12.3. The molecule has 1 unspecified atom stereocenters. The molecule has 10 nitrogen and oxygen atoms in total. The number of aromatic nitrogens is 3. The lowest BCUT2D eigenvalue weighted by molar-refractivity contribution is -0.136. The van der Waals surface area contributed by atoms with Crippen molar-refractivity contribution in [3.63, 3.8) is 0 Å². The number of hydrogen-bond acceptors (Lipinski definition) is 6. The van der Waals surface area contributed by atoms with E-state index in [1.165, 1.54) is 18.6 Å². The van der Waals surface area contributed by atoms with Crippen LogP contribution in [-0.2, 0) is 22.6 Å². The monoisotopic (exact) mass is 615 g/mol. The van der Waals surface area contributed by atoms with Gasteiger partial charge in [0.25, 0.3) is 5.91 Å². The summed E-state index contributed by atoms with van der Waals surface area (Å²) in [5.74, 6) is -0.515. The topological polar surface area (TPSA) is 122 Å². The van der Waals surface area contributed by atoms with Gasteiger partial charge in [-0.25, -0.2) is 9.37 Å². The first-order chi connectivity index (χ1) is 21.9. The van der Waals surface area contributed by atoms with Crippen molar-refractivity contribution in [2.75, 3.05) is 44.8 Å². The highest BCUT2D eigenvalue weighted by Gasteiger charge is 2.39. The standard InChI is InChI=1S/C34H42FN7O3/c1-22-26-7-3-8-28(35)32(26)42(14-5-15-45-2)31(22)24-6-4-13-40(18-24)34(44)27-19-41(20-29(27)36)25-11-9-23(10-12-25)16-38-33(43)30-17-37-21-39-30/h3,7-12,17,21,24,27,29H,4-6,13-16,18-20,36H2,1-2H3,(H,37,39)(H,38,43)/t24?,27-,29-/m1/s1. The molecule has 0 aliphatic carbocycles. The minimum atomic E-state index is -0.303. The molecule has 2 aromatic heterocycles. The van der Waals surface area contributed by atoms with Crippen molar-refractivity contribution in [2.45, 2.75) is 51.2 Å². The van der Waals surface area contributed by atoms with Gasteiger partial charge in [0, 0.05) is 81.7 Å². The fraction of sp³-hybridized carbons (Fsp3) is 0.441. The Hall–Kier alpha value is -4.22. The highest BCUT2D eigenvalue weighted by Crippen LogP contribution is 2.37. The minimum absolute atomic E-state index is 0.0960. The van der Waals surface area contributed by atoms with Crippen molar-refractivity contribution < 1.29 is 18.7 Å². The number of fused-ring (bicyclic) bond motifs is 1. The number of halogens is 1. The maximum Gasteiger partial charge on any atom is 0.269 e. The van der Waals surface area contributed by atoms with Crippen LogP contribution in [0.4, 0.5) is 10.1 Å². The van der Waals surface area contributed by atoms with Crippen molar-refractivity contribution >= 4 is 28.4 Å². The Morgan fingerprint density at radius 3 is 2.73 bits per heavy atom. The molecule has 0 radical (unpaired) electrons. The van der Waals surface area contributed by atoms with Crippen molar-refractivity contribution in [1.29, 1.82) is 0 Å². The number of carbonyl (C=O) groups excluding carboxylic acids is 2. The van der Waals surface area contributed by atoms with Gasteiger partial charge in [0.2, 0.25) is 5.91 Å². The van der Waals surface area contributed by atoms with Crippen LogP contribution in [0, 0.1) is 18.7 Å². The zero-order chi connectivity index (χ0) is 31.5. The fourth-order valence-corrected chi connectivity index (χ4v) is 7.10. The number of hydrogen-bond donors (Lipinski definition) is 3. The van der Waals surface area contributed by atoms with Crippen LogP contribution >= 0.6 is 0 Å². The number of para-hydroxylation sites is 1. The summed E-state index contributed by atoms with van der Waals surface area (Å²) < 4.78 is 22.6. The molecule has 45 heavy (non-hydrogen) atoms. The molecule has 238 valence electrons. The molecule has 0 saturated carbocycles. The van der Waals surface area contributed by atoms with Crippen LogP contribution in [0.1, 0.15) is 52.5 Å². The third kappa shape index (κ3) is 6.32. The number of nitrogens with one attached hydrogen (secondary N) is 2. The van der Waals surface area contributed by atoms with Gasteiger partial charge in [0.1, 0.15) is 11.5 Å². The summed E-state index contributed by atoms with van der Waals surface area (Å²) in [5, 5.41) is 3.82. The Bertz CT molecular complexity index is 1640. The lowest BCUT2D eigenvalue weighted by Crippen LogP contribution is -2.47. The number of ether oxygens (including phenoxy) is 1. The Kier molecular flexibility index (Phi) is 9.18. The van der Waals surface area contributed by atoms with Crippen LogP contribution in [-0.4, -0.2) is 77.2 Å². The highest BCUT2D eigenvalue weighted by atomic mass is 19.1. The Morgan fingerprint density at radius 2 is 1.98 bits per heavy atom. The predicted octanol–water partition coefficient (Wildman–Crippen LogP) is 3.95. The van der Waals surface area contributed by atoms with E-state index in [2.05, 4.69) is 31.7 Å². The molecule has 4 heterocycles. The Labute approximate surface area is 262 Å². The Morgan fingerprint density at radius 1 is 1.16 bits per heavy atom. The number of nitrogens with zero attached hydrogens (tertiary/aromatic N) is 4. The van der Waals surface area contributed by atoms with Crippen molar-refractivity contribution in [1.82, 2.24) is 24.8 Å². The quantitative estimate of drug-likeness (QED) is 0.233. The molecule has 6 rings (SSSR count). The van der Waals surface area contributed by atoms with E-state index in [0.717, 1.165) is 47.2 Å². The third-order valence-corrected chi connectivity index (χ3v) is 9.37. The number of aromatic amines is 1. The number of likely N-dealkylation sites (tertiary alicyclic amines) is 1. The number of aryl methyl sites for hydroxylation is 2. The van der Waals surface area contributed by atoms with Crippen LogP contribution in [0.5, 0.6) is 0 Å². The molecule has 0 bridgehead atoms. The number of H-pyrrole nitrogens is 1. The van der Waals surface area contributed by atoms with Gasteiger partial charge in [-0.1, -0.05) is 24.3 Å². The van der Waals surface area contributed by atoms with Crippen LogP contribution in [0.2, 0.25) is 0 Å². The zero-order valence-electron chi connectivity index (χ0n) is 26.0. The summed E-state index contributed by atoms with van der Waals surface area (Å²) in [4.78, 5) is 37.0. The molecule has 0 spiro atoms. The SMILES string of the molecule is COCCCn1c(C2CCCN(C(=O)[C@@H]3CN(c4ccc(CNC(=O)c5cnc[nH]5)cc4)C[C@H]3N)C2)c(C)c2cccc(F)c21. The molecule has 2 saturated heterocycles. The van der Waals surface area contributed by atoms with Crippen LogP contribution in [0.15, 0.2) is 55.0 Å². The maximum atomic E-state index is 15.1. The third-order valence-electron chi connectivity index (χ3n) is 9.37. The number of rotatable bonds is 10. The molecule has 11 heteroatoms. The summed E-state index contributed by atoms with van der Waals surface area (Å²) in [5.41, 5.74) is 11.8. The van der Waals surface area contributed by atoms with E-state index in [0.29, 0.717) is 57.1 Å². The zero-order valence-corrected chi connectivity index (χ0v) is 26.0. The van der Waals surface area contributed by atoms with E-state index in [1.54, 1.807) is 13.2 Å². The van der Waals surface area contributed by atoms with E-state index >= 15 is 4.39 Å². The summed E-state index contributed by atoms with van der Waals surface area (Å²) in [7, 11) is 1.68. The number of amides is 2. The number of carbonyl (C=O) groups is 2. The smallest absolute Gasteiger partial charge is 0.269 e. The maximum absolute atomic E-state index is 15.1. The number of benzene rings is 2. The molecule has 3 atom stereocenters. The average molecular weight is 616 g/mol. The number of nitrogens with two attached hydrogens (primary N) is 1. The van der Waals surface area contributed by atoms with Crippen LogP contribution in [0.3, 0.4) is 0 Å². The van der Waals surface area contributed by atoms with Crippen molar-refractivity contribution in [3.8, 4) is 0 Å². The minimum Gasteiger partial charge on any atom is -0.385 e. The molecule has 2 aliphatic rings. The van der Waals surface area contributed by atoms with Gasteiger partial charge in [-0.3, -0.25) is 9.59 Å². The number of piperidine rings is 1. The number of imidazole rings is 1. The van der Waals surface area contributed by atoms with Gasteiger partial charge in [0.15, 0.2) is 0 Å². The van der Waals surface area contributed by atoms with E-state index in [9.17, 15) is 9.59 Å². The van der Waals surface area contributed by atoms with Gasteiger partial charge in [-0.15, -0.1) is 0 Å². The molecule has 4 N–H and O–H groups in total. The molecule has 4 aromatic rings. The Balaban J connectivity index is 1.12. The van der Waals surface area contributed by atoms with Crippen LogP contribution < -0.4 is 16.0 Å². The van der Waals surface area contributed by atoms with E-state index in [1.807, 2.05) is 35.2 Å². The van der Waals surface area contributed by atoms with Gasteiger partial charge in [-0.05, 0) is 55.5 Å². The molecule has 2 amide bonds. The van der Waals surface area contributed by atoms with Crippen molar-refractivity contribution in [3.05, 3.63) is 83.3 Å². The van der Waals surface area contributed by atoms with Gasteiger partial charge in [0.05, 0.1) is 24.0 Å². The lowest BCUT2D eigenvalue weighted by atomic mass is 9.90. The van der Waals surface area contributed by atoms with E-state index < -0.39 is 0 Å². The van der Waals surface area contributed by atoms with E-state index in [-0.39, 0.29) is 35.5 Å². The number of anilines is 1. The summed E-state index contributed by atoms with van der Waals surface area (Å²) in [6.45, 7) is 6.19. The van der Waals surface area contributed by atoms with E-state index in [4.69, 9.17) is 10.5 Å². The van der Waals surface area contributed by atoms with Gasteiger partial charge >= 0.3 is 0 Å². The first-order valence-corrected chi connectivity index (χ1v) is 15.8. The van der Waals surface area contributed by atoms with Gasteiger partial charge in [-0.2, -0.15) is 0 Å². The van der Waals surface area contributed by atoms with Crippen LogP contribution in [0.25, 0.3) is 10.9 Å². The van der Waals surface area contributed by atoms with Crippen molar-refractivity contribution in [2.24, 2.45) is 11.7 Å². The molecule has 2 fully saturated rings. The molecule has 2 aliphatic heterocycles. The molecular formula is C34H42FN7O3.